The molecule has 2 aliphatic rings. The third-order valence-electron chi connectivity index (χ3n) is 5.89. The normalized spacial score (nSPS) is 17.6. The monoisotopic (exact) mass is 466 g/mol. The Balaban J connectivity index is 1.39. The highest BCUT2D eigenvalue weighted by Crippen LogP contribution is 2.33. The van der Waals surface area contributed by atoms with Crippen LogP contribution in [0, 0.1) is 5.92 Å². The number of nitrogens with one attached hydrogen (secondary N) is 1. The zero-order valence-electron chi connectivity index (χ0n) is 16.9. The van der Waals surface area contributed by atoms with Crippen molar-refractivity contribution in [1.29, 1.82) is 0 Å². The number of amides is 1. The molecule has 2 aromatic carbocycles. The fraction of sp³-hybridized carbons (Fsp3) is 0.409. The third kappa shape index (κ3) is 4.94. The van der Waals surface area contributed by atoms with Crippen LogP contribution in [0.1, 0.15) is 30.4 Å². The highest BCUT2D eigenvalue weighted by molar-refractivity contribution is 7.99. The number of thioether (sulfide) groups is 1. The number of alkyl halides is 2. The number of carbonyl (C=O) groups excluding carboxylic acids is 1. The highest BCUT2D eigenvalue weighted by Gasteiger charge is 2.33. The summed E-state index contributed by atoms with van der Waals surface area (Å²) in [5.74, 6) is -3.21. The minimum absolute atomic E-state index is 0.255. The van der Waals surface area contributed by atoms with Gasteiger partial charge in [-0.15, -0.1) is 0 Å². The van der Waals surface area contributed by atoms with Gasteiger partial charge in [-0.25, -0.2) is 8.42 Å². The molecule has 1 fully saturated rings. The number of anilines is 1. The molecule has 1 aliphatic heterocycles. The van der Waals surface area contributed by atoms with Gasteiger partial charge in [0, 0.05) is 23.9 Å². The van der Waals surface area contributed by atoms with E-state index in [2.05, 4.69) is 5.32 Å². The molecule has 1 aliphatic carbocycles. The number of rotatable bonds is 6. The molecule has 31 heavy (non-hydrogen) atoms. The third-order valence-corrected chi connectivity index (χ3v) is 8.58. The molecule has 9 heteroatoms. The first-order valence-electron chi connectivity index (χ1n) is 10.3. The van der Waals surface area contributed by atoms with Gasteiger partial charge in [-0.2, -0.15) is 13.1 Å². The van der Waals surface area contributed by atoms with Crippen LogP contribution < -0.4 is 5.32 Å². The number of piperidine rings is 1. The second-order valence-electron chi connectivity index (χ2n) is 7.83. The SMILES string of the molecule is O=C(Nc1ccccc1SC(F)F)C1CCN(S(=O)(=O)c2ccc3c(c2)CCC3)CC1. The minimum atomic E-state index is -3.60. The minimum Gasteiger partial charge on any atom is -0.325 e. The molecule has 1 heterocycles. The van der Waals surface area contributed by atoms with Gasteiger partial charge in [0.05, 0.1) is 10.6 Å². The molecule has 2 aromatic rings. The van der Waals surface area contributed by atoms with E-state index in [0.29, 0.717) is 40.1 Å². The number of hydrogen-bond donors (Lipinski definition) is 1. The maximum Gasteiger partial charge on any atom is 0.288 e. The molecule has 166 valence electrons. The van der Waals surface area contributed by atoms with Crippen LogP contribution in [0.5, 0.6) is 0 Å². The number of para-hydroxylation sites is 1. The summed E-state index contributed by atoms with van der Waals surface area (Å²) in [6, 6.07) is 11.8. The number of fused-ring (bicyclic) bond motifs is 1. The van der Waals surface area contributed by atoms with Gasteiger partial charge in [0.15, 0.2) is 0 Å². The van der Waals surface area contributed by atoms with Crippen LogP contribution in [0.3, 0.4) is 0 Å². The lowest BCUT2D eigenvalue weighted by molar-refractivity contribution is -0.120. The van der Waals surface area contributed by atoms with Crippen LogP contribution in [0.25, 0.3) is 0 Å². The summed E-state index contributed by atoms with van der Waals surface area (Å²) in [5, 5.41) is 2.74. The zero-order chi connectivity index (χ0) is 22.0. The molecular formula is C22H24F2N2O3S2. The van der Waals surface area contributed by atoms with Crippen LogP contribution in [0.15, 0.2) is 52.3 Å². The van der Waals surface area contributed by atoms with Gasteiger partial charge in [-0.05, 0) is 67.5 Å². The molecular weight excluding hydrogens is 442 g/mol. The molecule has 0 aromatic heterocycles. The first kappa shape index (κ1) is 22.2. The average molecular weight is 467 g/mol. The van der Waals surface area contributed by atoms with Gasteiger partial charge in [-0.1, -0.05) is 30.0 Å². The lowest BCUT2D eigenvalue weighted by atomic mass is 9.97. The van der Waals surface area contributed by atoms with Crippen LogP contribution in [-0.4, -0.2) is 37.5 Å². The largest absolute Gasteiger partial charge is 0.325 e. The number of hydrogen-bond acceptors (Lipinski definition) is 4. The Morgan fingerprint density at radius 1 is 1.06 bits per heavy atom. The first-order chi connectivity index (χ1) is 14.8. The molecule has 1 saturated heterocycles. The van der Waals surface area contributed by atoms with E-state index in [9.17, 15) is 22.0 Å². The second kappa shape index (κ2) is 9.26. The Morgan fingerprint density at radius 3 is 2.52 bits per heavy atom. The molecule has 1 N–H and O–H groups in total. The Kier molecular flexibility index (Phi) is 6.64. The highest BCUT2D eigenvalue weighted by atomic mass is 32.2. The number of nitrogens with zero attached hydrogens (tertiary/aromatic N) is 1. The lowest BCUT2D eigenvalue weighted by Gasteiger charge is -2.30. The maximum absolute atomic E-state index is 13.1. The molecule has 0 saturated carbocycles. The fourth-order valence-electron chi connectivity index (χ4n) is 4.22. The summed E-state index contributed by atoms with van der Waals surface area (Å²) >= 11 is 0.388. The molecule has 0 spiro atoms. The second-order valence-corrected chi connectivity index (χ2v) is 10.8. The maximum atomic E-state index is 13.1. The van der Waals surface area contributed by atoms with Gasteiger partial charge in [-0.3, -0.25) is 4.79 Å². The number of aryl methyl sites for hydroxylation is 2. The molecule has 0 unspecified atom stereocenters. The van der Waals surface area contributed by atoms with Crippen LogP contribution >= 0.6 is 11.8 Å². The molecule has 5 nitrogen and oxygen atoms in total. The first-order valence-corrected chi connectivity index (χ1v) is 12.6. The van der Waals surface area contributed by atoms with Crippen molar-refractivity contribution < 1.29 is 22.0 Å². The predicted octanol–water partition coefficient (Wildman–Crippen LogP) is 4.53. The summed E-state index contributed by atoms with van der Waals surface area (Å²) in [7, 11) is -3.60. The van der Waals surface area contributed by atoms with Crippen molar-refractivity contribution in [3.63, 3.8) is 0 Å². The summed E-state index contributed by atoms with van der Waals surface area (Å²) in [6.07, 6.45) is 3.74. The van der Waals surface area contributed by atoms with Crippen LogP contribution in [0.2, 0.25) is 0 Å². The van der Waals surface area contributed by atoms with E-state index in [0.717, 1.165) is 24.8 Å². The van der Waals surface area contributed by atoms with Crippen molar-refractivity contribution >= 4 is 33.4 Å². The summed E-state index contributed by atoms with van der Waals surface area (Å²) in [5.41, 5.74) is 2.68. The van der Waals surface area contributed by atoms with Gasteiger partial charge >= 0.3 is 0 Å². The van der Waals surface area contributed by atoms with Crippen molar-refractivity contribution in [3.8, 4) is 0 Å². The zero-order valence-corrected chi connectivity index (χ0v) is 18.5. The predicted molar refractivity (Wildman–Crippen MR) is 117 cm³/mol. The van der Waals surface area contributed by atoms with Crippen LogP contribution in [-0.2, 0) is 27.7 Å². The quantitative estimate of drug-likeness (QED) is 0.636. The van der Waals surface area contributed by atoms with Crippen molar-refractivity contribution in [1.82, 2.24) is 4.31 Å². The number of benzene rings is 2. The summed E-state index contributed by atoms with van der Waals surface area (Å²) < 4.78 is 53.0. The van der Waals surface area contributed by atoms with Crippen LogP contribution in [0.4, 0.5) is 14.5 Å². The smallest absolute Gasteiger partial charge is 0.288 e. The standard InChI is InChI=1S/C22H24F2N2O3S2/c23-22(24)30-20-7-2-1-6-19(20)25-21(27)16-10-12-26(13-11-16)31(28,29)18-9-8-15-4-3-5-17(15)14-18/h1-2,6-9,14,16,22H,3-5,10-13H2,(H,25,27). The summed E-state index contributed by atoms with van der Waals surface area (Å²) in [6.45, 7) is 0.510. The topological polar surface area (TPSA) is 66.5 Å². The van der Waals surface area contributed by atoms with Crippen molar-refractivity contribution in [2.75, 3.05) is 18.4 Å². The van der Waals surface area contributed by atoms with Crippen molar-refractivity contribution in [2.45, 2.75) is 47.7 Å². The van der Waals surface area contributed by atoms with Gasteiger partial charge in [0.2, 0.25) is 15.9 Å². The number of carbonyl (C=O) groups is 1. The van der Waals surface area contributed by atoms with Crippen molar-refractivity contribution in [3.05, 3.63) is 53.6 Å². The Labute approximate surface area is 185 Å². The Morgan fingerprint density at radius 2 is 1.77 bits per heavy atom. The number of sulfonamides is 1. The molecule has 0 atom stereocenters. The molecule has 0 bridgehead atoms. The van der Waals surface area contributed by atoms with E-state index < -0.39 is 15.8 Å². The van der Waals surface area contributed by atoms with Crippen molar-refractivity contribution in [2.24, 2.45) is 5.92 Å². The van der Waals surface area contributed by atoms with Gasteiger partial charge < -0.3 is 5.32 Å². The number of halogens is 2. The van der Waals surface area contributed by atoms with E-state index in [1.54, 1.807) is 30.3 Å². The lowest BCUT2D eigenvalue weighted by Crippen LogP contribution is -2.41. The molecule has 0 radical (unpaired) electrons. The van der Waals surface area contributed by atoms with E-state index in [1.807, 2.05) is 6.07 Å². The Bertz CT molecular complexity index is 1070. The Hall–Kier alpha value is -1.97. The van der Waals surface area contributed by atoms with Gasteiger partial charge in [0.1, 0.15) is 0 Å². The fourth-order valence-corrected chi connectivity index (χ4v) is 6.34. The van der Waals surface area contributed by atoms with E-state index >= 15 is 0 Å². The van der Waals surface area contributed by atoms with E-state index in [-0.39, 0.29) is 24.9 Å². The van der Waals surface area contributed by atoms with E-state index in [4.69, 9.17) is 0 Å². The molecule has 4 rings (SSSR count). The average Bonchev–Trinajstić information content (AvgIpc) is 3.23. The van der Waals surface area contributed by atoms with Gasteiger partial charge in [0.25, 0.3) is 5.76 Å². The van der Waals surface area contributed by atoms with E-state index in [1.165, 1.54) is 15.9 Å². The molecule has 1 amide bonds. The summed E-state index contributed by atoms with van der Waals surface area (Å²) in [4.78, 5) is 13.3.